The van der Waals surface area contributed by atoms with Gasteiger partial charge in [-0.2, -0.15) is 0 Å². The van der Waals surface area contributed by atoms with Crippen molar-refractivity contribution in [3.05, 3.63) is 53.5 Å². The lowest BCUT2D eigenvalue weighted by Gasteiger charge is -2.11. The van der Waals surface area contributed by atoms with Gasteiger partial charge in [-0.1, -0.05) is 0 Å². The van der Waals surface area contributed by atoms with Crippen molar-refractivity contribution in [1.29, 1.82) is 0 Å². The van der Waals surface area contributed by atoms with Crippen LogP contribution in [0.5, 0.6) is 0 Å². The second kappa shape index (κ2) is 4.97. The summed E-state index contributed by atoms with van der Waals surface area (Å²) in [6, 6.07) is 7.21. The molecule has 0 spiro atoms. The van der Waals surface area contributed by atoms with Gasteiger partial charge in [-0.15, -0.1) is 0 Å². The normalized spacial score (nSPS) is 17.1. The summed E-state index contributed by atoms with van der Waals surface area (Å²) in [5.41, 5.74) is 0.399. The van der Waals surface area contributed by atoms with Crippen molar-refractivity contribution >= 4 is 29.3 Å². The number of nitrogens with zero attached hydrogens (tertiary/aromatic N) is 1. The van der Waals surface area contributed by atoms with E-state index in [1.165, 1.54) is 4.90 Å². The molecule has 1 amide bonds. The monoisotopic (exact) mass is 288 g/mol. The van der Waals surface area contributed by atoms with Crippen molar-refractivity contribution in [2.24, 2.45) is 0 Å². The minimum Gasteiger partial charge on any atom is -0.467 e. The maximum Gasteiger partial charge on any atom is 0.277 e. The van der Waals surface area contributed by atoms with Crippen LogP contribution in [0.4, 0.5) is 0 Å². The van der Waals surface area contributed by atoms with Gasteiger partial charge in [0.1, 0.15) is 23.0 Å². The molecule has 1 saturated heterocycles. The number of carbonyl (C=O) groups excluding carboxylic acids is 1. The molecule has 1 N–H and O–H groups in total. The van der Waals surface area contributed by atoms with Crippen molar-refractivity contribution in [2.75, 3.05) is 0 Å². The van der Waals surface area contributed by atoms with E-state index in [0.29, 0.717) is 28.9 Å². The Morgan fingerprint density at radius 3 is 2.90 bits per heavy atom. The van der Waals surface area contributed by atoms with E-state index in [1.54, 1.807) is 30.5 Å². The first-order valence-electron chi connectivity index (χ1n) is 6.07. The maximum absolute atomic E-state index is 12.3. The van der Waals surface area contributed by atoms with Crippen LogP contribution in [0.1, 0.15) is 17.3 Å². The zero-order valence-electron chi connectivity index (χ0n) is 10.8. The highest BCUT2D eigenvalue weighted by molar-refractivity contribution is 7.80. The van der Waals surface area contributed by atoms with Crippen LogP contribution >= 0.6 is 12.2 Å². The highest BCUT2D eigenvalue weighted by Crippen LogP contribution is 2.18. The zero-order valence-corrected chi connectivity index (χ0v) is 11.6. The number of aryl methyl sites for hydroxylation is 1. The van der Waals surface area contributed by atoms with Crippen molar-refractivity contribution in [3.63, 3.8) is 0 Å². The van der Waals surface area contributed by atoms with Gasteiger partial charge in [0.05, 0.1) is 12.8 Å². The third kappa shape index (κ3) is 2.37. The van der Waals surface area contributed by atoms with E-state index in [2.05, 4.69) is 5.32 Å². The van der Waals surface area contributed by atoms with E-state index in [1.807, 2.05) is 13.0 Å². The summed E-state index contributed by atoms with van der Waals surface area (Å²) in [5, 5.41) is 3.25. The summed E-state index contributed by atoms with van der Waals surface area (Å²) in [6.45, 7) is 2.16. The van der Waals surface area contributed by atoms with Gasteiger partial charge < -0.3 is 14.2 Å². The van der Waals surface area contributed by atoms with Crippen molar-refractivity contribution < 1.29 is 13.6 Å². The summed E-state index contributed by atoms with van der Waals surface area (Å²) in [4.78, 5) is 13.7. The summed E-state index contributed by atoms with van der Waals surface area (Å²) in [5.74, 6) is 1.89. The molecular weight excluding hydrogens is 276 g/mol. The Balaban J connectivity index is 1.81. The van der Waals surface area contributed by atoms with Gasteiger partial charge in [0.15, 0.2) is 5.11 Å². The molecule has 0 saturated carbocycles. The van der Waals surface area contributed by atoms with Crippen LogP contribution in [0, 0.1) is 6.92 Å². The van der Waals surface area contributed by atoms with Crippen LogP contribution in [0.25, 0.3) is 6.08 Å². The van der Waals surface area contributed by atoms with Gasteiger partial charge in [0.2, 0.25) is 0 Å². The van der Waals surface area contributed by atoms with Gasteiger partial charge in [0, 0.05) is 6.08 Å². The SMILES string of the molecule is Cc1ccc(/C=C2/NC(=S)N(Cc3ccco3)C2=O)o1. The van der Waals surface area contributed by atoms with Crippen LogP contribution in [0.15, 0.2) is 45.1 Å². The minimum absolute atomic E-state index is 0.194. The molecule has 0 atom stereocenters. The fourth-order valence-electron chi connectivity index (χ4n) is 1.95. The maximum atomic E-state index is 12.3. The van der Waals surface area contributed by atoms with Gasteiger partial charge in [0.25, 0.3) is 5.91 Å². The number of furan rings is 2. The number of thiocarbonyl (C=S) groups is 1. The predicted octanol–water partition coefficient (Wildman–Crippen LogP) is 2.44. The van der Waals surface area contributed by atoms with E-state index >= 15 is 0 Å². The Morgan fingerprint density at radius 1 is 1.40 bits per heavy atom. The molecule has 3 heterocycles. The van der Waals surface area contributed by atoms with Crippen molar-refractivity contribution in [2.45, 2.75) is 13.5 Å². The van der Waals surface area contributed by atoms with E-state index in [-0.39, 0.29) is 5.91 Å². The lowest BCUT2D eigenvalue weighted by Crippen LogP contribution is -2.29. The molecule has 0 unspecified atom stereocenters. The highest BCUT2D eigenvalue weighted by Gasteiger charge is 2.31. The first-order valence-corrected chi connectivity index (χ1v) is 6.47. The molecule has 1 aliphatic heterocycles. The number of hydrogen-bond donors (Lipinski definition) is 1. The van der Waals surface area contributed by atoms with Gasteiger partial charge in [-0.05, 0) is 43.4 Å². The van der Waals surface area contributed by atoms with Crippen LogP contribution in [-0.4, -0.2) is 15.9 Å². The molecule has 0 aliphatic carbocycles. The number of hydrogen-bond acceptors (Lipinski definition) is 4. The van der Waals surface area contributed by atoms with E-state index in [0.717, 1.165) is 5.76 Å². The van der Waals surface area contributed by atoms with Gasteiger partial charge in [-0.3, -0.25) is 9.69 Å². The summed E-state index contributed by atoms with van der Waals surface area (Å²) < 4.78 is 10.7. The summed E-state index contributed by atoms with van der Waals surface area (Å²) >= 11 is 5.17. The standard InChI is InChI=1S/C14H12N2O3S/c1-9-4-5-10(19-9)7-12-13(17)16(14(20)15-12)8-11-3-2-6-18-11/h2-7H,8H2,1H3,(H,15,20)/b12-7+. The molecule has 3 rings (SSSR count). The second-order valence-electron chi connectivity index (χ2n) is 4.41. The third-order valence-corrected chi connectivity index (χ3v) is 3.23. The Kier molecular flexibility index (Phi) is 3.15. The third-order valence-electron chi connectivity index (χ3n) is 2.90. The van der Waals surface area contributed by atoms with E-state index < -0.39 is 0 Å². The molecule has 102 valence electrons. The molecule has 6 heteroatoms. The average Bonchev–Trinajstić information content (AvgIpc) is 3.10. The molecule has 0 aromatic carbocycles. The van der Waals surface area contributed by atoms with Gasteiger partial charge >= 0.3 is 0 Å². The van der Waals surface area contributed by atoms with Crippen molar-refractivity contribution in [3.8, 4) is 0 Å². The molecule has 0 bridgehead atoms. The fraction of sp³-hybridized carbons (Fsp3) is 0.143. The summed E-state index contributed by atoms with van der Waals surface area (Å²) in [7, 11) is 0. The Morgan fingerprint density at radius 2 is 2.25 bits per heavy atom. The van der Waals surface area contributed by atoms with Crippen LogP contribution in [0.2, 0.25) is 0 Å². The lowest BCUT2D eigenvalue weighted by atomic mass is 10.3. The molecule has 2 aromatic rings. The molecule has 1 fully saturated rings. The van der Waals surface area contributed by atoms with E-state index in [9.17, 15) is 4.79 Å². The Hall–Kier alpha value is -2.34. The van der Waals surface area contributed by atoms with Crippen LogP contribution in [0.3, 0.4) is 0 Å². The second-order valence-corrected chi connectivity index (χ2v) is 4.79. The zero-order chi connectivity index (χ0) is 14.1. The van der Waals surface area contributed by atoms with Crippen molar-refractivity contribution in [1.82, 2.24) is 10.2 Å². The summed E-state index contributed by atoms with van der Waals surface area (Å²) in [6.07, 6.45) is 3.21. The molecule has 0 radical (unpaired) electrons. The smallest absolute Gasteiger partial charge is 0.277 e. The molecule has 5 nitrogen and oxygen atoms in total. The number of carbonyl (C=O) groups is 1. The first kappa shape index (κ1) is 12.7. The minimum atomic E-state index is -0.194. The lowest BCUT2D eigenvalue weighted by molar-refractivity contribution is -0.122. The molecular formula is C14H12N2O3S. The largest absolute Gasteiger partial charge is 0.467 e. The fourth-order valence-corrected chi connectivity index (χ4v) is 2.20. The Bertz CT molecular complexity index is 685. The van der Waals surface area contributed by atoms with Gasteiger partial charge in [-0.25, -0.2) is 0 Å². The molecule has 1 aliphatic rings. The number of rotatable bonds is 3. The number of amides is 1. The average molecular weight is 288 g/mol. The van der Waals surface area contributed by atoms with E-state index in [4.69, 9.17) is 21.1 Å². The topological polar surface area (TPSA) is 58.6 Å². The van der Waals surface area contributed by atoms with Crippen LogP contribution < -0.4 is 5.32 Å². The molecule has 20 heavy (non-hydrogen) atoms. The number of nitrogens with one attached hydrogen (secondary N) is 1. The first-order chi connectivity index (χ1) is 9.63. The van der Waals surface area contributed by atoms with Crippen LogP contribution in [-0.2, 0) is 11.3 Å². The Labute approximate surface area is 120 Å². The molecule has 2 aromatic heterocycles. The highest BCUT2D eigenvalue weighted by atomic mass is 32.1. The predicted molar refractivity (Wildman–Crippen MR) is 76.4 cm³/mol. The quantitative estimate of drug-likeness (QED) is 0.694.